The number of benzene rings is 4. The molecule has 12 nitrogen and oxygen atoms in total. The lowest BCUT2D eigenvalue weighted by molar-refractivity contribution is -0.385. The van der Waals surface area contributed by atoms with Gasteiger partial charge in [-0.3, -0.25) is 34.6 Å². The fourth-order valence-corrected chi connectivity index (χ4v) is 4.81. The van der Waals surface area contributed by atoms with E-state index in [2.05, 4.69) is 16.0 Å². The van der Waals surface area contributed by atoms with E-state index < -0.39 is 26.9 Å². The normalized spacial score (nSPS) is 11.6. The van der Waals surface area contributed by atoms with E-state index in [0.717, 1.165) is 0 Å². The number of amides is 3. The van der Waals surface area contributed by atoms with Crippen LogP contribution >= 0.6 is 11.8 Å². The maximum absolute atomic E-state index is 13.4. The predicted octanol–water partition coefficient (Wildman–Crippen LogP) is 6.03. The van der Waals surface area contributed by atoms with Crippen molar-refractivity contribution in [3.05, 3.63) is 140 Å². The van der Waals surface area contributed by atoms with Gasteiger partial charge in [0.15, 0.2) is 0 Å². The summed E-state index contributed by atoms with van der Waals surface area (Å²) in [6.45, 7) is 1.68. The fraction of sp³-hybridized carbons (Fsp3) is 0.0645. The number of nitrogens with one attached hydrogen (secondary N) is 3. The zero-order valence-electron chi connectivity index (χ0n) is 23.1. The van der Waals surface area contributed by atoms with Crippen LogP contribution in [0.25, 0.3) is 6.08 Å². The fourth-order valence-electron chi connectivity index (χ4n) is 3.89. The van der Waals surface area contributed by atoms with Crippen LogP contribution in [0, 0.1) is 20.2 Å². The second-order valence-corrected chi connectivity index (χ2v) is 10.6. The van der Waals surface area contributed by atoms with Gasteiger partial charge in [0.2, 0.25) is 5.91 Å². The van der Waals surface area contributed by atoms with E-state index in [0.29, 0.717) is 16.3 Å². The highest BCUT2D eigenvalue weighted by atomic mass is 32.2. The van der Waals surface area contributed by atoms with Crippen LogP contribution in [0.5, 0.6) is 0 Å². The van der Waals surface area contributed by atoms with Crippen molar-refractivity contribution in [3.63, 3.8) is 0 Å². The molecule has 0 aliphatic rings. The second-order valence-electron chi connectivity index (χ2n) is 9.23. The standard InChI is InChI=1S/C31H25N5O7S/c1-20(29(37)32-23-14-16-25(17-15-23)35(40)41)44-26-12-7-11-24(19-26)33-31(39)27(34-30(38)21-8-3-2-4-9-21)18-22-10-5-6-13-28(22)36(42)43/h2-20H,1H3,(H,32,37)(H,33,39)(H,34,38)/b27-18+. The summed E-state index contributed by atoms with van der Waals surface area (Å²) in [5, 5.41) is 29.8. The Kier molecular flexibility index (Phi) is 10.2. The molecule has 13 heteroatoms. The highest BCUT2D eigenvalue weighted by Gasteiger charge is 2.19. The van der Waals surface area contributed by atoms with Crippen molar-refractivity contribution in [2.45, 2.75) is 17.1 Å². The largest absolute Gasteiger partial charge is 0.325 e. The van der Waals surface area contributed by atoms with Gasteiger partial charge in [-0.1, -0.05) is 36.4 Å². The lowest BCUT2D eigenvalue weighted by Crippen LogP contribution is -2.30. The van der Waals surface area contributed by atoms with E-state index in [9.17, 15) is 34.6 Å². The number of hydrogen-bond donors (Lipinski definition) is 3. The minimum Gasteiger partial charge on any atom is -0.325 e. The quantitative estimate of drug-likeness (QED) is 0.0797. The third-order valence-corrected chi connectivity index (χ3v) is 7.18. The van der Waals surface area contributed by atoms with Crippen LogP contribution in [0.3, 0.4) is 0 Å². The van der Waals surface area contributed by atoms with Gasteiger partial charge in [0, 0.05) is 40.0 Å². The number of non-ortho nitro benzene ring substituents is 1. The highest BCUT2D eigenvalue weighted by molar-refractivity contribution is 8.00. The van der Waals surface area contributed by atoms with Gasteiger partial charge in [0.25, 0.3) is 23.2 Å². The Hall–Kier alpha value is -5.82. The molecule has 4 aromatic carbocycles. The van der Waals surface area contributed by atoms with Crippen molar-refractivity contribution in [3.8, 4) is 0 Å². The number of anilines is 2. The van der Waals surface area contributed by atoms with Crippen LogP contribution in [-0.2, 0) is 9.59 Å². The van der Waals surface area contributed by atoms with E-state index in [1.165, 1.54) is 60.3 Å². The van der Waals surface area contributed by atoms with Gasteiger partial charge in [-0.05, 0) is 61.5 Å². The summed E-state index contributed by atoms with van der Waals surface area (Å²) in [6, 6.07) is 26.2. The van der Waals surface area contributed by atoms with Crippen LogP contribution in [0.15, 0.2) is 114 Å². The number of carbonyl (C=O) groups is 3. The molecule has 4 rings (SSSR count). The molecule has 1 atom stereocenters. The number of nitro groups is 2. The average Bonchev–Trinajstić information content (AvgIpc) is 3.01. The van der Waals surface area contributed by atoms with Crippen molar-refractivity contribution in [1.82, 2.24) is 5.32 Å². The summed E-state index contributed by atoms with van der Waals surface area (Å²) < 4.78 is 0. The van der Waals surface area contributed by atoms with Crippen LogP contribution in [0.1, 0.15) is 22.8 Å². The Labute approximate surface area is 255 Å². The van der Waals surface area contributed by atoms with Crippen molar-refractivity contribution in [1.29, 1.82) is 0 Å². The van der Waals surface area contributed by atoms with Crippen LogP contribution in [0.2, 0.25) is 0 Å². The highest BCUT2D eigenvalue weighted by Crippen LogP contribution is 2.27. The van der Waals surface area contributed by atoms with Gasteiger partial charge < -0.3 is 16.0 Å². The molecule has 0 fully saturated rings. The average molecular weight is 612 g/mol. The Morgan fingerprint density at radius 1 is 0.773 bits per heavy atom. The maximum atomic E-state index is 13.4. The Morgan fingerprint density at radius 3 is 2.14 bits per heavy atom. The van der Waals surface area contributed by atoms with Crippen LogP contribution in [-0.4, -0.2) is 32.8 Å². The molecule has 44 heavy (non-hydrogen) atoms. The molecule has 0 aliphatic heterocycles. The Bertz CT molecular complexity index is 1740. The minimum absolute atomic E-state index is 0.0936. The molecule has 3 amide bonds. The van der Waals surface area contributed by atoms with E-state index >= 15 is 0 Å². The van der Waals surface area contributed by atoms with Crippen molar-refractivity contribution >= 4 is 58.3 Å². The number of thioether (sulfide) groups is 1. The summed E-state index contributed by atoms with van der Waals surface area (Å²) in [4.78, 5) is 61.0. The number of nitrogens with zero attached hydrogens (tertiary/aromatic N) is 2. The van der Waals surface area contributed by atoms with Crippen molar-refractivity contribution in [2.24, 2.45) is 0 Å². The van der Waals surface area contributed by atoms with Crippen LogP contribution < -0.4 is 16.0 Å². The lowest BCUT2D eigenvalue weighted by atomic mass is 10.1. The first-order valence-corrected chi connectivity index (χ1v) is 13.9. The lowest BCUT2D eigenvalue weighted by Gasteiger charge is -2.14. The summed E-state index contributed by atoms with van der Waals surface area (Å²) in [5.74, 6) is -1.64. The molecule has 0 saturated carbocycles. The van der Waals surface area contributed by atoms with E-state index in [-0.39, 0.29) is 34.1 Å². The van der Waals surface area contributed by atoms with Gasteiger partial charge >= 0.3 is 0 Å². The van der Waals surface area contributed by atoms with Gasteiger partial charge in [0.05, 0.1) is 20.7 Å². The van der Waals surface area contributed by atoms with Crippen molar-refractivity contribution in [2.75, 3.05) is 10.6 Å². The summed E-state index contributed by atoms with van der Waals surface area (Å²) in [7, 11) is 0. The molecule has 0 heterocycles. The first-order valence-electron chi connectivity index (χ1n) is 13.1. The molecule has 1 unspecified atom stereocenters. The van der Waals surface area contributed by atoms with Crippen LogP contribution in [0.4, 0.5) is 22.7 Å². The molecule has 0 radical (unpaired) electrons. The second kappa shape index (κ2) is 14.4. The summed E-state index contributed by atoms with van der Waals surface area (Å²) >= 11 is 1.21. The van der Waals surface area contributed by atoms with Gasteiger partial charge in [0.1, 0.15) is 5.70 Å². The number of rotatable bonds is 11. The molecule has 0 bridgehead atoms. The number of carbonyl (C=O) groups excluding carboxylic acids is 3. The predicted molar refractivity (Wildman–Crippen MR) is 167 cm³/mol. The third-order valence-electron chi connectivity index (χ3n) is 6.08. The molecule has 0 aliphatic carbocycles. The molecular weight excluding hydrogens is 586 g/mol. The number of para-hydroxylation sites is 1. The van der Waals surface area contributed by atoms with Crippen molar-refractivity contribution < 1.29 is 24.2 Å². The molecule has 0 saturated heterocycles. The molecule has 222 valence electrons. The van der Waals surface area contributed by atoms with Gasteiger partial charge in [-0.15, -0.1) is 11.8 Å². The monoisotopic (exact) mass is 611 g/mol. The first-order chi connectivity index (χ1) is 21.1. The third kappa shape index (κ3) is 8.36. The topological polar surface area (TPSA) is 174 Å². The molecule has 0 aromatic heterocycles. The Balaban J connectivity index is 1.50. The van der Waals surface area contributed by atoms with E-state index in [1.54, 1.807) is 67.6 Å². The zero-order valence-corrected chi connectivity index (χ0v) is 23.9. The summed E-state index contributed by atoms with van der Waals surface area (Å²) in [5.41, 5.74) is 0.605. The molecule has 3 N–H and O–H groups in total. The number of hydrogen-bond acceptors (Lipinski definition) is 8. The summed E-state index contributed by atoms with van der Waals surface area (Å²) in [6.07, 6.45) is 1.23. The molecule has 4 aromatic rings. The minimum atomic E-state index is -0.724. The maximum Gasteiger partial charge on any atom is 0.276 e. The Morgan fingerprint density at radius 2 is 1.45 bits per heavy atom. The van der Waals surface area contributed by atoms with E-state index in [1.807, 2.05) is 0 Å². The number of nitro benzene ring substituents is 2. The SMILES string of the molecule is CC(Sc1cccc(NC(=O)/C(=C\c2ccccc2[N+](=O)[O-])NC(=O)c2ccccc2)c1)C(=O)Nc1ccc([N+](=O)[O-])cc1. The van der Waals surface area contributed by atoms with E-state index in [4.69, 9.17) is 0 Å². The first kappa shape index (κ1) is 31.1. The molecular formula is C31H25N5O7S. The van der Waals surface area contributed by atoms with Gasteiger partial charge in [-0.25, -0.2) is 0 Å². The molecule has 0 spiro atoms. The smallest absolute Gasteiger partial charge is 0.276 e. The zero-order chi connectivity index (χ0) is 31.6. The van der Waals surface area contributed by atoms with Gasteiger partial charge in [-0.2, -0.15) is 0 Å².